The molecule has 0 atom stereocenters. The topological polar surface area (TPSA) is 38.7 Å². The summed E-state index contributed by atoms with van der Waals surface area (Å²) in [6.45, 7) is 0. The molecule has 0 bridgehead atoms. The minimum Gasteiger partial charge on any atom is -0.247 e. The standard InChI is InChI=1S/C53H33N3S/c1-3-12-34(13-4-1)35-22-26-39(27-23-35)48-33-47(38-15-5-2-6-16-38)55-53(56-48)40-28-24-36(25-29-40)41-30-31-46-45(32-41)52-50(44-19-9-10-21-49(44)57-52)51(54-46)43-20-11-17-37-14-7-8-18-42(37)43/h1-33H. The number of fused-ring (bicyclic) bond motifs is 6. The Hall–Kier alpha value is -7.27. The quantitative estimate of drug-likeness (QED) is 0.170. The first-order chi connectivity index (χ1) is 28.2. The van der Waals surface area contributed by atoms with Crippen LogP contribution < -0.4 is 0 Å². The summed E-state index contributed by atoms with van der Waals surface area (Å²) in [6, 6.07) is 70.7. The Labute approximate surface area is 334 Å². The summed E-state index contributed by atoms with van der Waals surface area (Å²) in [5, 5.41) is 6.06. The van der Waals surface area contributed by atoms with Crippen molar-refractivity contribution in [3.63, 3.8) is 0 Å². The van der Waals surface area contributed by atoms with Crippen molar-refractivity contribution in [3.05, 3.63) is 200 Å². The highest BCUT2D eigenvalue weighted by molar-refractivity contribution is 7.26. The lowest BCUT2D eigenvalue weighted by Crippen LogP contribution is -1.96. The number of hydrogen-bond donors (Lipinski definition) is 0. The molecular formula is C53H33N3S. The fourth-order valence-corrected chi connectivity index (χ4v) is 9.25. The first kappa shape index (κ1) is 33.1. The third kappa shape index (κ3) is 5.95. The van der Waals surface area contributed by atoms with E-state index in [1.54, 1.807) is 0 Å². The van der Waals surface area contributed by atoms with Crippen molar-refractivity contribution in [1.82, 2.24) is 15.0 Å². The van der Waals surface area contributed by atoms with E-state index >= 15 is 0 Å². The van der Waals surface area contributed by atoms with Gasteiger partial charge < -0.3 is 0 Å². The van der Waals surface area contributed by atoms with E-state index in [-0.39, 0.29) is 0 Å². The Morgan fingerprint density at radius 1 is 0.351 bits per heavy atom. The monoisotopic (exact) mass is 743 g/mol. The number of aromatic nitrogens is 3. The minimum absolute atomic E-state index is 0.695. The third-order valence-electron chi connectivity index (χ3n) is 10.9. The highest BCUT2D eigenvalue weighted by Crippen LogP contribution is 2.45. The van der Waals surface area contributed by atoms with Crippen LogP contribution in [-0.2, 0) is 0 Å². The summed E-state index contributed by atoms with van der Waals surface area (Å²) < 4.78 is 2.53. The zero-order valence-corrected chi connectivity index (χ0v) is 31.6. The van der Waals surface area contributed by atoms with Crippen molar-refractivity contribution in [2.75, 3.05) is 0 Å². The van der Waals surface area contributed by atoms with Crippen LogP contribution in [0.2, 0.25) is 0 Å². The van der Waals surface area contributed by atoms with Gasteiger partial charge in [-0.15, -0.1) is 11.3 Å². The Kier molecular flexibility index (Phi) is 8.01. The minimum atomic E-state index is 0.695. The van der Waals surface area contributed by atoms with Crippen LogP contribution in [0.15, 0.2) is 200 Å². The zero-order valence-electron chi connectivity index (χ0n) is 30.8. The van der Waals surface area contributed by atoms with Gasteiger partial charge in [0.1, 0.15) is 0 Å². The fourth-order valence-electron chi connectivity index (χ4n) is 8.03. The summed E-state index contributed by atoms with van der Waals surface area (Å²) in [6.07, 6.45) is 0. The van der Waals surface area contributed by atoms with Gasteiger partial charge in [0, 0.05) is 47.8 Å². The van der Waals surface area contributed by atoms with Crippen LogP contribution in [0.3, 0.4) is 0 Å². The second kappa shape index (κ2) is 13.8. The molecule has 57 heavy (non-hydrogen) atoms. The Balaban J connectivity index is 0.999. The molecule has 0 spiro atoms. The summed E-state index contributed by atoms with van der Waals surface area (Å²) in [4.78, 5) is 15.6. The number of thiophene rings is 1. The number of rotatable bonds is 6. The van der Waals surface area contributed by atoms with Gasteiger partial charge in [0.2, 0.25) is 0 Å². The Morgan fingerprint density at radius 2 is 0.895 bits per heavy atom. The summed E-state index contributed by atoms with van der Waals surface area (Å²) in [5.74, 6) is 0.695. The Morgan fingerprint density at radius 3 is 1.65 bits per heavy atom. The van der Waals surface area contributed by atoms with Crippen LogP contribution in [0.5, 0.6) is 0 Å². The zero-order chi connectivity index (χ0) is 37.7. The van der Waals surface area contributed by atoms with E-state index in [9.17, 15) is 0 Å². The molecule has 266 valence electrons. The van der Waals surface area contributed by atoms with Crippen LogP contribution in [0.1, 0.15) is 0 Å². The maximum Gasteiger partial charge on any atom is 0.160 e. The number of pyridine rings is 1. The lowest BCUT2D eigenvalue weighted by atomic mass is 9.96. The van der Waals surface area contributed by atoms with E-state index < -0.39 is 0 Å². The van der Waals surface area contributed by atoms with Crippen LogP contribution in [-0.4, -0.2) is 15.0 Å². The molecule has 0 saturated heterocycles. The number of nitrogens with zero attached hydrogens (tertiary/aromatic N) is 3. The van der Waals surface area contributed by atoms with Gasteiger partial charge >= 0.3 is 0 Å². The largest absolute Gasteiger partial charge is 0.247 e. The second-order valence-corrected chi connectivity index (χ2v) is 15.4. The molecule has 11 rings (SSSR count). The van der Waals surface area contributed by atoms with Crippen molar-refractivity contribution in [2.24, 2.45) is 0 Å². The molecule has 4 heteroatoms. The first-order valence-electron chi connectivity index (χ1n) is 19.2. The highest BCUT2D eigenvalue weighted by atomic mass is 32.1. The fraction of sp³-hybridized carbons (Fsp3) is 0. The van der Waals surface area contributed by atoms with Crippen molar-refractivity contribution in [2.45, 2.75) is 0 Å². The molecule has 0 saturated carbocycles. The predicted molar refractivity (Wildman–Crippen MR) is 240 cm³/mol. The molecule has 0 N–H and O–H groups in total. The third-order valence-corrected chi connectivity index (χ3v) is 12.1. The average Bonchev–Trinajstić information content (AvgIpc) is 3.69. The predicted octanol–water partition coefficient (Wildman–Crippen LogP) is 14.5. The lowest BCUT2D eigenvalue weighted by Gasteiger charge is -2.12. The molecule has 0 aliphatic carbocycles. The van der Waals surface area contributed by atoms with Gasteiger partial charge in [-0.1, -0.05) is 176 Å². The van der Waals surface area contributed by atoms with E-state index in [1.165, 1.54) is 47.5 Å². The maximum absolute atomic E-state index is 5.41. The second-order valence-electron chi connectivity index (χ2n) is 14.4. The van der Waals surface area contributed by atoms with Crippen molar-refractivity contribution >= 4 is 53.2 Å². The van der Waals surface area contributed by atoms with Crippen LogP contribution in [0.25, 0.3) is 109 Å². The average molecular weight is 744 g/mol. The number of hydrogen-bond acceptors (Lipinski definition) is 4. The smallest absolute Gasteiger partial charge is 0.160 e. The molecule has 3 nitrogen and oxygen atoms in total. The molecule has 0 unspecified atom stereocenters. The molecule has 0 aliphatic rings. The van der Waals surface area contributed by atoms with Gasteiger partial charge in [-0.05, 0) is 57.3 Å². The van der Waals surface area contributed by atoms with Crippen LogP contribution in [0.4, 0.5) is 0 Å². The van der Waals surface area contributed by atoms with E-state index in [4.69, 9.17) is 15.0 Å². The number of benzene rings is 8. The SMILES string of the molecule is c1ccc(-c2ccc(-c3cc(-c4ccccc4)nc(-c4ccc(-c5ccc6nc(-c7cccc8ccccc78)c7c8ccccc8sc7c6c5)cc4)n3)cc2)cc1. The van der Waals surface area contributed by atoms with Gasteiger partial charge in [-0.2, -0.15) is 0 Å². The van der Waals surface area contributed by atoms with Gasteiger partial charge in [0.15, 0.2) is 5.82 Å². The molecular weight excluding hydrogens is 711 g/mol. The van der Waals surface area contributed by atoms with E-state index in [2.05, 4.69) is 188 Å². The van der Waals surface area contributed by atoms with Gasteiger partial charge in [0.25, 0.3) is 0 Å². The molecule has 11 aromatic rings. The molecule has 3 aromatic heterocycles. The van der Waals surface area contributed by atoms with Crippen LogP contribution >= 0.6 is 11.3 Å². The normalized spacial score (nSPS) is 11.5. The first-order valence-corrected chi connectivity index (χ1v) is 20.0. The van der Waals surface area contributed by atoms with Crippen LogP contribution in [0, 0.1) is 0 Å². The van der Waals surface area contributed by atoms with E-state index in [1.807, 2.05) is 23.5 Å². The molecule has 0 radical (unpaired) electrons. The summed E-state index contributed by atoms with van der Waals surface area (Å²) in [5.41, 5.74) is 12.7. The molecule has 0 amide bonds. The molecule has 8 aromatic carbocycles. The van der Waals surface area contributed by atoms with Crippen molar-refractivity contribution < 1.29 is 0 Å². The highest BCUT2D eigenvalue weighted by Gasteiger charge is 2.19. The molecule has 0 fully saturated rings. The van der Waals surface area contributed by atoms with Crippen molar-refractivity contribution in [3.8, 4) is 67.4 Å². The maximum atomic E-state index is 5.41. The van der Waals surface area contributed by atoms with Gasteiger partial charge in [-0.25, -0.2) is 15.0 Å². The summed E-state index contributed by atoms with van der Waals surface area (Å²) in [7, 11) is 0. The van der Waals surface area contributed by atoms with Gasteiger partial charge in [-0.3, -0.25) is 0 Å². The lowest BCUT2D eigenvalue weighted by molar-refractivity contribution is 1.18. The van der Waals surface area contributed by atoms with Crippen molar-refractivity contribution in [1.29, 1.82) is 0 Å². The van der Waals surface area contributed by atoms with Gasteiger partial charge in [0.05, 0.1) is 22.6 Å². The van der Waals surface area contributed by atoms with E-state index in [0.717, 1.165) is 56.0 Å². The Bertz CT molecular complexity index is 3260. The van der Waals surface area contributed by atoms with E-state index in [0.29, 0.717) is 5.82 Å². The molecule has 0 aliphatic heterocycles. The molecule has 3 heterocycles. The summed E-state index contributed by atoms with van der Waals surface area (Å²) >= 11 is 1.85.